The van der Waals surface area contributed by atoms with Crippen LogP contribution >= 0.6 is 0 Å². The molecule has 9 heteroatoms. The van der Waals surface area contributed by atoms with Crippen LogP contribution in [0.25, 0.3) is 16.9 Å². The highest BCUT2D eigenvalue weighted by molar-refractivity contribution is 6.02. The number of hydrogen-bond acceptors (Lipinski definition) is 6. The Hall–Kier alpha value is -3.20. The summed E-state index contributed by atoms with van der Waals surface area (Å²) >= 11 is 0. The molecule has 0 bridgehead atoms. The minimum atomic E-state index is -3.09. The molecule has 2 aromatic heterocycles. The third-order valence-corrected chi connectivity index (χ3v) is 5.79. The van der Waals surface area contributed by atoms with E-state index in [1.165, 1.54) is 13.2 Å². The number of rotatable bonds is 11. The molecular formula is C25H28F2N2O5. The van der Waals surface area contributed by atoms with Crippen LogP contribution in [0, 0.1) is 11.3 Å². The maximum absolute atomic E-state index is 13.2. The Morgan fingerprint density at radius 3 is 2.65 bits per heavy atom. The van der Waals surface area contributed by atoms with E-state index < -0.39 is 6.61 Å². The van der Waals surface area contributed by atoms with Gasteiger partial charge in [0.25, 0.3) is 0 Å². The SMILES string of the molecule is COc1cc(-c2cnc3cc(OCC(C)(C)CO)ccn23)cc(OC(F)F)c1C(=O)CC1CC1. The lowest BCUT2D eigenvalue weighted by Gasteiger charge is -2.21. The Morgan fingerprint density at radius 2 is 2.00 bits per heavy atom. The first-order chi connectivity index (χ1) is 16.2. The molecule has 0 atom stereocenters. The van der Waals surface area contributed by atoms with Crippen LogP contribution in [0.1, 0.15) is 43.5 Å². The van der Waals surface area contributed by atoms with Crippen molar-refractivity contribution in [3.8, 4) is 28.5 Å². The molecular weight excluding hydrogens is 446 g/mol. The minimum absolute atomic E-state index is 0.00716. The van der Waals surface area contributed by atoms with E-state index in [9.17, 15) is 18.7 Å². The quantitative estimate of drug-likeness (QED) is 0.394. The topological polar surface area (TPSA) is 82.3 Å². The number of imidazole rings is 1. The lowest BCUT2D eigenvalue weighted by molar-refractivity contribution is -0.0502. The monoisotopic (exact) mass is 474 g/mol. The number of ketones is 1. The molecule has 0 aliphatic heterocycles. The van der Waals surface area contributed by atoms with Gasteiger partial charge in [-0.2, -0.15) is 8.78 Å². The van der Waals surface area contributed by atoms with Gasteiger partial charge in [-0.1, -0.05) is 13.8 Å². The van der Waals surface area contributed by atoms with E-state index in [1.807, 2.05) is 13.8 Å². The average Bonchev–Trinajstić information content (AvgIpc) is 3.51. The second-order valence-electron chi connectivity index (χ2n) is 9.35. The largest absolute Gasteiger partial charge is 0.496 e. The number of aliphatic hydroxyl groups is 1. The van der Waals surface area contributed by atoms with Crippen LogP contribution in [0.2, 0.25) is 0 Å². The van der Waals surface area contributed by atoms with Crippen molar-refractivity contribution in [1.29, 1.82) is 0 Å². The third-order valence-electron chi connectivity index (χ3n) is 5.79. The standard InChI is InChI=1S/C25H28F2N2O5/c1-25(2,13-30)14-33-17-6-7-29-18(12-28-22(29)11-17)16-9-20(32-3)23(19(31)8-15-4-5-15)21(10-16)34-24(26)27/h6-7,9-12,15,24,30H,4-5,8,13-14H2,1-3H3. The van der Waals surface area contributed by atoms with Gasteiger partial charge in [0, 0.05) is 29.7 Å². The first kappa shape index (κ1) is 23.9. The van der Waals surface area contributed by atoms with E-state index in [4.69, 9.17) is 14.2 Å². The number of carbonyl (C=O) groups is 1. The summed E-state index contributed by atoms with van der Waals surface area (Å²) in [5, 5.41) is 9.41. The van der Waals surface area contributed by atoms with E-state index in [1.54, 1.807) is 35.0 Å². The fourth-order valence-electron chi connectivity index (χ4n) is 3.64. The van der Waals surface area contributed by atoms with Crippen LogP contribution in [0.4, 0.5) is 8.78 Å². The molecule has 1 N–H and O–H groups in total. The van der Waals surface area contributed by atoms with E-state index in [0.717, 1.165) is 12.8 Å². The lowest BCUT2D eigenvalue weighted by atomic mass is 9.97. The van der Waals surface area contributed by atoms with Gasteiger partial charge in [-0.15, -0.1) is 0 Å². The number of methoxy groups -OCH3 is 1. The molecule has 0 saturated heterocycles. The number of ether oxygens (including phenoxy) is 3. The summed E-state index contributed by atoms with van der Waals surface area (Å²) in [4.78, 5) is 17.2. The minimum Gasteiger partial charge on any atom is -0.496 e. The van der Waals surface area contributed by atoms with Gasteiger partial charge in [-0.3, -0.25) is 9.20 Å². The normalized spacial score (nSPS) is 14.0. The lowest BCUT2D eigenvalue weighted by Crippen LogP contribution is -2.25. The van der Waals surface area contributed by atoms with Gasteiger partial charge in [0.15, 0.2) is 5.78 Å². The van der Waals surface area contributed by atoms with Gasteiger partial charge in [0.05, 0.1) is 32.2 Å². The highest BCUT2D eigenvalue weighted by Gasteiger charge is 2.30. The van der Waals surface area contributed by atoms with Crippen molar-refractivity contribution in [3.05, 3.63) is 42.2 Å². The van der Waals surface area contributed by atoms with Gasteiger partial charge in [0.2, 0.25) is 0 Å². The molecule has 1 saturated carbocycles. The van der Waals surface area contributed by atoms with Gasteiger partial charge < -0.3 is 19.3 Å². The van der Waals surface area contributed by atoms with Gasteiger partial charge >= 0.3 is 6.61 Å². The molecule has 182 valence electrons. The predicted molar refractivity (Wildman–Crippen MR) is 122 cm³/mol. The van der Waals surface area contributed by atoms with Crippen LogP contribution in [-0.4, -0.2) is 47.2 Å². The number of nitrogens with zero attached hydrogens (tertiary/aromatic N) is 2. The van der Waals surface area contributed by atoms with E-state index in [0.29, 0.717) is 29.3 Å². The molecule has 0 radical (unpaired) electrons. The zero-order chi connectivity index (χ0) is 24.5. The number of halogens is 2. The molecule has 4 rings (SSSR count). The van der Waals surface area contributed by atoms with Crippen LogP contribution < -0.4 is 14.2 Å². The summed E-state index contributed by atoms with van der Waals surface area (Å²) in [6.45, 7) is 1.02. The highest BCUT2D eigenvalue weighted by Crippen LogP contribution is 2.40. The number of aliphatic hydroxyl groups excluding tert-OH is 1. The smallest absolute Gasteiger partial charge is 0.387 e. The van der Waals surface area contributed by atoms with E-state index in [-0.39, 0.29) is 47.2 Å². The Bertz CT molecular complexity index is 1190. The number of pyridine rings is 1. The predicted octanol–water partition coefficient (Wildman–Crippen LogP) is 4.99. The van der Waals surface area contributed by atoms with E-state index >= 15 is 0 Å². The summed E-state index contributed by atoms with van der Waals surface area (Å²) in [5.41, 5.74) is 1.35. The zero-order valence-corrected chi connectivity index (χ0v) is 19.4. The summed E-state index contributed by atoms with van der Waals surface area (Å²) in [6, 6.07) is 6.56. The molecule has 1 fully saturated rings. The molecule has 2 heterocycles. The Labute approximate surface area is 196 Å². The van der Waals surface area contributed by atoms with Crippen molar-refractivity contribution in [2.75, 3.05) is 20.3 Å². The Kier molecular flexibility index (Phi) is 6.74. The van der Waals surface area contributed by atoms with Gasteiger partial charge in [-0.05, 0) is 37.0 Å². The Morgan fingerprint density at radius 1 is 1.26 bits per heavy atom. The number of fused-ring (bicyclic) bond motifs is 1. The second kappa shape index (κ2) is 9.58. The fraction of sp³-hybridized carbons (Fsp3) is 0.440. The van der Waals surface area contributed by atoms with Gasteiger partial charge in [0.1, 0.15) is 28.5 Å². The first-order valence-electron chi connectivity index (χ1n) is 11.1. The number of aromatic nitrogens is 2. The molecule has 1 aliphatic rings. The molecule has 3 aromatic rings. The maximum Gasteiger partial charge on any atom is 0.387 e. The fourth-order valence-corrected chi connectivity index (χ4v) is 3.64. The number of carbonyl (C=O) groups excluding carboxylic acids is 1. The highest BCUT2D eigenvalue weighted by atomic mass is 19.3. The van der Waals surface area contributed by atoms with Crippen molar-refractivity contribution >= 4 is 11.4 Å². The Balaban J connectivity index is 1.70. The number of benzene rings is 1. The molecule has 0 unspecified atom stereocenters. The number of alkyl halides is 2. The van der Waals surface area contributed by atoms with Gasteiger partial charge in [-0.25, -0.2) is 4.98 Å². The molecule has 34 heavy (non-hydrogen) atoms. The third kappa shape index (κ3) is 5.30. The maximum atomic E-state index is 13.2. The summed E-state index contributed by atoms with van der Waals surface area (Å²) in [5.74, 6) is 0.573. The summed E-state index contributed by atoms with van der Waals surface area (Å²) < 4.78 is 44.1. The van der Waals surface area contributed by atoms with Crippen molar-refractivity contribution < 1.29 is 32.9 Å². The van der Waals surface area contributed by atoms with Crippen LogP contribution in [0.3, 0.4) is 0 Å². The van der Waals surface area contributed by atoms with Crippen molar-refractivity contribution in [1.82, 2.24) is 9.38 Å². The number of Topliss-reactive ketones (excluding diaryl/α,β-unsaturated/α-hetero) is 1. The van der Waals surface area contributed by atoms with Crippen LogP contribution in [0.5, 0.6) is 17.2 Å². The molecule has 0 spiro atoms. The molecule has 1 aromatic carbocycles. The van der Waals surface area contributed by atoms with Crippen LogP contribution in [-0.2, 0) is 0 Å². The first-order valence-corrected chi connectivity index (χ1v) is 11.1. The summed E-state index contributed by atoms with van der Waals surface area (Å²) in [6.07, 6.45) is 5.56. The molecule has 0 amide bonds. The van der Waals surface area contributed by atoms with E-state index in [2.05, 4.69) is 4.98 Å². The van der Waals surface area contributed by atoms with Crippen LogP contribution in [0.15, 0.2) is 36.7 Å². The van der Waals surface area contributed by atoms with Crippen molar-refractivity contribution in [3.63, 3.8) is 0 Å². The summed E-state index contributed by atoms with van der Waals surface area (Å²) in [7, 11) is 1.39. The molecule has 7 nitrogen and oxygen atoms in total. The zero-order valence-electron chi connectivity index (χ0n) is 19.4. The average molecular weight is 475 g/mol. The van der Waals surface area contributed by atoms with Crippen molar-refractivity contribution in [2.24, 2.45) is 11.3 Å². The van der Waals surface area contributed by atoms with Crippen molar-refractivity contribution in [2.45, 2.75) is 39.7 Å². The molecule has 1 aliphatic carbocycles. The number of hydrogen-bond donors (Lipinski definition) is 1. The second-order valence-corrected chi connectivity index (χ2v) is 9.35.